The molecule has 1 unspecified atom stereocenters. The second-order valence-electron chi connectivity index (χ2n) is 8.31. The number of hydrogen-bond acceptors (Lipinski definition) is 9. The minimum absolute atomic E-state index is 0.233. The molecule has 0 spiro atoms. The van der Waals surface area contributed by atoms with Gasteiger partial charge in [-0.05, 0) is 25.0 Å². The normalized spacial score (nSPS) is 17.1. The molecule has 4 heterocycles. The number of rotatable bonds is 8. The number of aromatic nitrogens is 5. The van der Waals surface area contributed by atoms with Crippen LogP contribution in [0.25, 0.3) is 5.82 Å². The highest BCUT2D eigenvalue weighted by Gasteiger charge is 2.38. The first-order chi connectivity index (χ1) is 17.0. The monoisotopic (exact) mass is 480 g/mol. The van der Waals surface area contributed by atoms with Crippen LogP contribution >= 0.6 is 0 Å². The lowest BCUT2D eigenvalue weighted by Gasteiger charge is -2.27. The number of nitrogens with zero attached hydrogens (tertiary/aromatic N) is 6. The van der Waals surface area contributed by atoms with Gasteiger partial charge in [-0.3, -0.25) is 14.4 Å². The van der Waals surface area contributed by atoms with E-state index in [1.54, 1.807) is 37.5 Å². The molecule has 0 saturated carbocycles. The molecule has 0 N–H and O–H groups in total. The minimum atomic E-state index is -0.632. The number of imide groups is 1. The summed E-state index contributed by atoms with van der Waals surface area (Å²) in [6, 6.07) is 6.58. The Morgan fingerprint density at radius 3 is 2.49 bits per heavy atom. The van der Waals surface area contributed by atoms with E-state index < -0.39 is 29.9 Å². The van der Waals surface area contributed by atoms with Gasteiger partial charge in [0.05, 0.1) is 30.4 Å². The number of hydroxylamine groups is 2. The van der Waals surface area contributed by atoms with Crippen LogP contribution in [-0.4, -0.2) is 66.8 Å². The van der Waals surface area contributed by atoms with Gasteiger partial charge in [0.15, 0.2) is 12.1 Å². The van der Waals surface area contributed by atoms with Crippen LogP contribution in [0.3, 0.4) is 0 Å². The smallest absolute Gasteiger partial charge is 0.349 e. The van der Waals surface area contributed by atoms with Gasteiger partial charge in [0.1, 0.15) is 12.7 Å². The molecule has 2 aromatic heterocycles. The van der Waals surface area contributed by atoms with Crippen molar-refractivity contribution in [3.05, 3.63) is 70.3 Å². The van der Waals surface area contributed by atoms with Crippen molar-refractivity contribution in [2.75, 3.05) is 13.2 Å². The summed E-state index contributed by atoms with van der Waals surface area (Å²) in [7, 11) is 1.59. The summed E-state index contributed by atoms with van der Waals surface area (Å²) < 4.78 is 14.0. The highest BCUT2D eigenvalue weighted by Crippen LogP contribution is 2.26. The van der Waals surface area contributed by atoms with E-state index in [-0.39, 0.29) is 6.42 Å². The Balaban J connectivity index is 1.42. The summed E-state index contributed by atoms with van der Waals surface area (Å²) in [6.07, 6.45) is 5.36. The molecule has 1 fully saturated rings. The third-order valence-electron chi connectivity index (χ3n) is 5.86. The summed E-state index contributed by atoms with van der Waals surface area (Å²) in [6.45, 7) is 1.21. The highest BCUT2D eigenvalue weighted by molar-refractivity contribution is 6.20. The van der Waals surface area contributed by atoms with Gasteiger partial charge in [0.25, 0.3) is 11.8 Å². The van der Waals surface area contributed by atoms with E-state index in [2.05, 4.69) is 15.1 Å². The molecular formula is C23H24N6O6. The average molecular weight is 480 g/mol. The molecule has 2 aliphatic rings. The standard InChI is InChI=1S/C23H24N6O6/c1-27-12-15(20(26-23(27)32)28-14-24-13-25-28)11-16(7-8-19-33-9-4-10-34-19)35-29-21(30)17-5-2-3-6-18(17)22(29)31/h2-3,5-6,12-14,16,19H,4,7-11H2,1H3. The van der Waals surface area contributed by atoms with E-state index in [1.807, 2.05) is 0 Å². The average Bonchev–Trinajstić information content (AvgIpc) is 3.49. The van der Waals surface area contributed by atoms with E-state index in [4.69, 9.17) is 14.3 Å². The van der Waals surface area contributed by atoms with Gasteiger partial charge in [0.2, 0.25) is 0 Å². The Kier molecular flexibility index (Phi) is 6.49. The van der Waals surface area contributed by atoms with Crippen molar-refractivity contribution >= 4 is 11.8 Å². The van der Waals surface area contributed by atoms with E-state index in [0.717, 1.165) is 11.5 Å². The van der Waals surface area contributed by atoms with Crippen LogP contribution in [-0.2, 0) is 27.8 Å². The fourth-order valence-corrected chi connectivity index (χ4v) is 4.12. The zero-order chi connectivity index (χ0) is 24.4. The lowest BCUT2D eigenvalue weighted by Crippen LogP contribution is -2.37. The number of aryl methyl sites for hydroxylation is 1. The Morgan fingerprint density at radius 1 is 1.11 bits per heavy atom. The number of hydrogen-bond donors (Lipinski definition) is 0. The molecule has 2 aliphatic heterocycles. The molecular weight excluding hydrogens is 456 g/mol. The molecule has 3 aromatic rings. The summed E-state index contributed by atoms with van der Waals surface area (Å²) in [5.74, 6) is -0.738. The molecule has 12 nitrogen and oxygen atoms in total. The molecule has 12 heteroatoms. The maximum absolute atomic E-state index is 12.9. The molecule has 0 aliphatic carbocycles. The third kappa shape index (κ3) is 4.76. The maximum atomic E-state index is 12.9. The molecule has 182 valence electrons. The van der Waals surface area contributed by atoms with Crippen molar-refractivity contribution in [2.45, 2.75) is 38.1 Å². The van der Waals surface area contributed by atoms with Gasteiger partial charge in [-0.2, -0.15) is 10.1 Å². The van der Waals surface area contributed by atoms with Crippen molar-refractivity contribution in [1.29, 1.82) is 0 Å². The highest BCUT2D eigenvalue weighted by atomic mass is 16.7. The second-order valence-corrected chi connectivity index (χ2v) is 8.31. The fourth-order valence-electron chi connectivity index (χ4n) is 4.12. The van der Waals surface area contributed by atoms with Gasteiger partial charge >= 0.3 is 5.69 Å². The van der Waals surface area contributed by atoms with Gasteiger partial charge in [-0.25, -0.2) is 14.5 Å². The first-order valence-electron chi connectivity index (χ1n) is 11.3. The summed E-state index contributed by atoms with van der Waals surface area (Å²) >= 11 is 0. The number of amides is 2. The van der Waals surface area contributed by atoms with Crippen LogP contribution in [0.15, 0.2) is 47.9 Å². The van der Waals surface area contributed by atoms with Crippen molar-refractivity contribution in [3.8, 4) is 5.82 Å². The second kappa shape index (κ2) is 9.86. The van der Waals surface area contributed by atoms with Gasteiger partial charge < -0.3 is 14.0 Å². The van der Waals surface area contributed by atoms with E-state index >= 15 is 0 Å². The van der Waals surface area contributed by atoms with Gasteiger partial charge in [-0.15, -0.1) is 5.06 Å². The Labute approximate surface area is 200 Å². The Hall–Kier alpha value is -3.74. The lowest BCUT2D eigenvalue weighted by molar-refractivity contribution is -0.190. The van der Waals surface area contributed by atoms with Crippen LogP contribution in [0, 0.1) is 0 Å². The topological polar surface area (TPSA) is 131 Å². The van der Waals surface area contributed by atoms with Gasteiger partial charge in [0, 0.05) is 31.6 Å². The predicted octanol–water partition coefficient (Wildman–Crippen LogP) is 1.04. The molecule has 2 amide bonds. The quantitative estimate of drug-likeness (QED) is 0.434. The molecule has 0 radical (unpaired) electrons. The number of ether oxygens (including phenoxy) is 2. The van der Waals surface area contributed by atoms with Crippen LogP contribution in [0.1, 0.15) is 45.5 Å². The van der Waals surface area contributed by atoms with Crippen LogP contribution in [0.5, 0.6) is 0 Å². The van der Waals surface area contributed by atoms with Crippen LogP contribution < -0.4 is 5.69 Å². The van der Waals surface area contributed by atoms with Crippen LogP contribution in [0.4, 0.5) is 0 Å². The van der Waals surface area contributed by atoms with E-state index in [0.29, 0.717) is 48.6 Å². The number of carbonyl (C=O) groups excluding carboxylic acids is 2. The molecule has 1 saturated heterocycles. The van der Waals surface area contributed by atoms with E-state index in [9.17, 15) is 14.4 Å². The van der Waals surface area contributed by atoms with Gasteiger partial charge in [-0.1, -0.05) is 12.1 Å². The maximum Gasteiger partial charge on any atom is 0.349 e. The zero-order valence-corrected chi connectivity index (χ0v) is 19.1. The lowest BCUT2D eigenvalue weighted by atomic mass is 10.1. The van der Waals surface area contributed by atoms with Crippen LogP contribution in [0.2, 0.25) is 0 Å². The molecule has 1 aromatic carbocycles. The van der Waals surface area contributed by atoms with Crippen molar-refractivity contribution in [1.82, 2.24) is 29.4 Å². The molecule has 0 bridgehead atoms. The predicted molar refractivity (Wildman–Crippen MR) is 119 cm³/mol. The van der Waals surface area contributed by atoms with Crippen molar-refractivity contribution < 1.29 is 23.9 Å². The number of fused-ring (bicyclic) bond motifs is 1. The summed E-state index contributed by atoms with van der Waals surface area (Å²) in [5.41, 5.74) is 0.760. The van der Waals surface area contributed by atoms with E-state index in [1.165, 1.54) is 21.9 Å². The summed E-state index contributed by atoms with van der Waals surface area (Å²) in [5, 5.41) is 4.90. The first-order valence-corrected chi connectivity index (χ1v) is 11.3. The summed E-state index contributed by atoms with van der Waals surface area (Å²) in [4.78, 5) is 52.1. The Bertz CT molecular complexity index is 1250. The SMILES string of the molecule is Cn1cc(CC(CCC2OCCCO2)ON2C(=O)c3ccccc3C2=O)c(-n2cncn2)nc1=O. The molecule has 35 heavy (non-hydrogen) atoms. The third-order valence-corrected chi connectivity index (χ3v) is 5.86. The first kappa shape index (κ1) is 23.0. The zero-order valence-electron chi connectivity index (χ0n) is 19.1. The Morgan fingerprint density at radius 2 is 1.83 bits per heavy atom. The van der Waals surface area contributed by atoms with Crippen molar-refractivity contribution in [3.63, 3.8) is 0 Å². The fraction of sp³-hybridized carbons (Fsp3) is 0.391. The molecule has 1 atom stereocenters. The molecule has 5 rings (SSSR count). The minimum Gasteiger partial charge on any atom is -0.353 e. The largest absolute Gasteiger partial charge is 0.353 e. The number of benzene rings is 1. The number of carbonyl (C=O) groups is 2. The van der Waals surface area contributed by atoms with Crippen molar-refractivity contribution in [2.24, 2.45) is 7.05 Å².